The predicted octanol–water partition coefficient (Wildman–Crippen LogP) is 1.25. The number of benzene rings is 1. The summed E-state index contributed by atoms with van der Waals surface area (Å²) in [6, 6.07) is 8.48. The van der Waals surface area contributed by atoms with Crippen molar-refractivity contribution < 1.29 is 4.79 Å². The molecule has 0 atom stereocenters. The fraction of sp³-hybridized carbons (Fsp3) is 0.125. The number of pyridine rings is 1. The molecule has 4 N–H and O–H groups in total. The summed E-state index contributed by atoms with van der Waals surface area (Å²) < 4.78 is 0. The summed E-state index contributed by atoms with van der Waals surface area (Å²) in [5.41, 5.74) is 6.98. The van der Waals surface area contributed by atoms with E-state index in [0.29, 0.717) is 16.9 Å². The number of amides is 1. The molecule has 1 aromatic carbocycles. The molecule has 0 aliphatic carbocycles. The number of nitrogens with one attached hydrogen (secondary N) is 2. The van der Waals surface area contributed by atoms with Crippen molar-refractivity contribution in [2.24, 2.45) is 5.73 Å². The SMILES string of the molecule is Cc1cc(=O)c(C(=O)Nc2ccccc2C#CCN)c[nH]1. The first kappa shape index (κ1) is 14.6. The third kappa shape index (κ3) is 3.59. The molecule has 0 bridgehead atoms. The number of anilines is 1. The topological polar surface area (TPSA) is 88.0 Å². The van der Waals surface area contributed by atoms with E-state index in [-0.39, 0.29) is 17.5 Å². The molecule has 0 aliphatic rings. The van der Waals surface area contributed by atoms with Crippen LogP contribution in [0.1, 0.15) is 21.6 Å². The van der Waals surface area contributed by atoms with Crippen LogP contribution in [0.3, 0.4) is 0 Å². The minimum atomic E-state index is -0.474. The first-order valence-corrected chi connectivity index (χ1v) is 6.40. The predicted molar refractivity (Wildman–Crippen MR) is 82.1 cm³/mol. The third-order valence-corrected chi connectivity index (χ3v) is 2.80. The van der Waals surface area contributed by atoms with E-state index in [9.17, 15) is 9.59 Å². The summed E-state index contributed by atoms with van der Waals surface area (Å²) in [7, 11) is 0. The van der Waals surface area contributed by atoms with Gasteiger partial charge in [0.05, 0.1) is 12.2 Å². The molecule has 0 saturated heterocycles. The summed E-state index contributed by atoms with van der Waals surface area (Å²) in [5.74, 6) is 5.14. The van der Waals surface area contributed by atoms with Gasteiger partial charge in [-0.3, -0.25) is 9.59 Å². The number of para-hydroxylation sites is 1. The van der Waals surface area contributed by atoms with Crippen LogP contribution < -0.4 is 16.5 Å². The van der Waals surface area contributed by atoms with Crippen LogP contribution in [0.4, 0.5) is 5.69 Å². The number of nitrogens with two attached hydrogens (primary N) is 1. The molecular weight excluding hydrogens is 266 g/mol. The molecule has 0 saturated carbocycles. The van der Waals surface area contributed by atoms with Crippen molar-refractivity contribution in [2.75, 3.05) is 11.9 Å². The Morgan fingerprint density at radius 2 is 2.14 bits per heavy atom. The first-order chi connectivity index (χ1) is 10.1. The van der Waals surface area contributed by atoms with E-state index in [0.717, 1.165) is 0 Å². The second-order valence-electron chi connectivity index (χ2n) is 4.40. The van der Waals surface area contributed by atoms with Gasteiger partial charge in [0.2, 0.25) is 0 Å². The zero-order valence-corrected chi connectivity index (χ0v) is 11.6. The summed E-state index contributed by atoms with van der Waals surface area (Å²) in [4.78, 5) is 26.8. The lowest BCUT2D eigenvalue weighted by atomic mass is 10.1. The van der Waals surface area contributed by atoms with Crippen molar-refractivity contribution >= 4 is 11.6 Å². The fourth-order valence-electron chi connectivity index (χ4n) is 1.79. The molecule has 0 radical (unpaired) electrons. The maximum atomic E-state index is 12.2. The lowest BCUT2D eigenvalue weighted by Gasteiger charge is -2.07. The molecule has 21 heavy (non-hydrogen) atoms. The highest BCUT2D eigenvalue weighted by Crippen LogP contribution is 2.14. The van der Waals surface area contributed by atoms with Crippen LogP contribution in [0.5, 0.6) is 0 Å². The number of aromatic nitrogens is 1. The number of carbonyl (C=O) groups is 1. The lowest BCUT2D eigenvalue weighted by molar-refractivity contribution is 0.102. The first-order valence-electron chi connectivity index (χ1n) is 6.40. The van der Waals surface area contributed by atoms with Gasteiger partial charge in [0.25, 0.3) is 5.91 Å². The smallest absolute Gasteiger partial charge is 0.261 e. The van der Waals surface area contributed by atoms with Crippen molar-refractivity contribution in [3.63, 3.8) is 0 Å². The Hall–Kier alpha value is -2.84. The van der Waals surface area contributed by atoms with Gasteiger partial charge in [-0.05, 0) is 19.1 Å². The normalized spacial score (nSPS) is 9.62. The third-order valence-electron chi connectivity index (χ3n) is 2.80. The van der Waals surface area contributed by atoms with Crippen molar-refractivity contribution in [1.29, 1.82) is 0 Å². The molecule has 1 amide bonds. The Morgan fingerprint density at radius 3 is 2.86 bits per heavy atom. The Bertz CT molecular complexity index is 782. The van der Waals surface area contributed by atoms with Gasteiger partial charge in [-0.15, -0.1) is 0 Å². The van der Waals surface area contributed by atoms with Gasteiger partial charge < -0.3 is 16.0 Å². The highest BCUT2D eigenvalue weighted by Gasteiger charge is 2.11. The van der Waals surface area contributed by atoms with Gasteiger partial charge in [-0.25, -0.2) is 0 Å². The minimum Gasteiger partial charge on any atom is -0.364 e. The minimum absolute atomic E-state index is 0.0576. The van der Waals surface area contributed by atoms with E-state index < -0.39 is 5.91 Å². The molecule has 2 aromatic rings. The number of H-pyrrole nitrogens is 1. The molecule has 5 heteroatoms. The lowest BCUT2D eigenvalue weighted by Crippen LogP contribution is -2.22. The number of aryl methyl sites for hydroxylation is 1. The maximum absolute atomic E-state index is 12.2. The maximum Gasteiger partial charge on any atom is 0.261 e. The van der Waals surface area contributed by atoms with Gasteiger partial charge >= 0.3 is 0 Å². The Labute approximate surface area is 122 Å². The number of rotatable bonds is 2. The molecule has 2 rings (SSSR count). The molecule has 106 valence electrons. The molecular formula is C16H15N3O2. The summed E-state index contributed by atoms with van der Waals surface area (Å²) in [6.45, 7) is 1.99. The molecule has 0 spiro atoms. The van der Waals surface area contributed by atoms with Crippen LogP contribution in [-0.4, -0.2) is 17.4 Å². The Morgan fingerprint density at radius 1 is 1.38 bits per heavy atom. The van der Waals surface area contributed by atoms with Crippen LogP contribution in [0, 0.1) is 18.8 Å². The van der Waals surface area contributed by atoms with Gasteiger partial charge in [0.15, 0.2) is 5.43 Å². The molecule has 1 aromatic heterocycles. The van der Waals surface area contributed by atoms with Crippen molar-refractivity contribution in [1.82, 2.24) is 4.98 Å². The molecule has 0 unspecified atom stereocenters. The summed E-state index contributed by atoms with van der Waals surface area (Å²) in [5, 5.41) is 2.69. The number of carbonyl (C=O) groups excluding carboxylic acids is 1. The fourth-order valence-corrected chi connectivity index (χ4v) is 1.79. The van der Waals surface area contributed by atoms with E-state index in [1.165, 1.54) is 12.3 Å². The standard InChI is InChI=1S/C16H15N3O2/c1-11-9-15(20)13(10-18-11)16(21)19-14-7-3-2-5-12(14)6-4-8-17/h2-3,5,7,9-10H,8,17H2,1H3,(H,18,20)(H,19,21). The van der Waals surface area contributed by atoms with E-state index >= 15 is 0 Å². The van der Waals surface area contributed by atoms with Crippen LogP contribution in [0.2, 0.25) is 0 Å². The van der Waals surface area contributed by atoms with Crippen LogP contribution >= 0.6 is 0 Å². The van der Waals surface area contributed by atoms with Gasteiger partial charge in [0, 0.05) is 23.5 Å². The molecule has 0 aliphatic heterocycles. The quantitative estimate of drug-likeness (QED) is 0.724. The van der Waals surface area contributed by atoms with E-state index in [4.69, 9.17) is 5.73 Å². The second-order valence-corrected chi connectivity index (χ2v) is 4.40. The van der Waals surface area contributed by atoms with Gasteiger partial charge in [-0.2, -0.15) is 0 Å². The number of hydrogen-bond acceptors (Lipinski definition) is 3. The van der Waals surface area contributed by atoms with E-state index in [1.54, 1.807) is 25.1 Å². The van der Waals surface area contributed by atoms with Crippen molar-refractivity contribution in [3.05, 3.63) is 63.6 Å². The largest absolute Gasteiger partial charge is 0.364 e. The number of aromatic amines is 1. The number of hydrogen-bond donors (Lipinski definition) is 3. The highest BCUT2D eigenvalue weighted by atomic mass is 16.2. The highest BCUT2D eigenvalue weighted by molar-refractivity contribution is 6.04. The van der Waals surface area contributed by atoms with Crippen LogP contribution in [0.15, 0.2) is 41.3 Å². The van der Waals surface area contributed by atoms with E-state index in [2.05, 4.69) is 22.1 Å². The molecule has 0 fully saturated rings. The average Bonchev–Trinajstić information content (AvgIpc) is 2.46. The molecule has 5 nitrogen and oxygen atoms in total. The van der Waals surface area contributed by atoms with Crippen molar-refractivity contribution in [2.45, 2.75) is 6.92 Å². The van der Waals surface area contributed by atoms with Gasteiger partial charge in [0.1, 0.15) is 5.56 Å². The monoisotopic (exact) mass is 281 g/mol. The van der Waals surface area contributed by atoms with Gasteiger partial charge in [-0.1, -0.05) is 24.0 Å². The Balaban J connectivity index is 2.30. The summed E-state index contributed by atoms with van der Waals surface area (Å²) >= 11 is 0. The zero-order chi connectivity index (χ0) is 15.2. The Kier molecular flexibility index (Phi) is 4.54. The zero-order valence-electron chi connectivity index (χ0n) is 11.6. The van der Waals surface area contributed by atoms with E-state index in [1.807, 2.05) is 6.07 Å². The average molecular weight is 281 g/mol. The van der Waals surface area contributed by atoms with Crippen LogP contribution in [0.25, 0.3) is 0 Å². The van der Waals surface area contributed by atoms with Crippen molar-refractivity contribution in [3.8, 4) is 11.8 Å². The molecule has 1 heterocycles. The second kappa shape index (κ2) is 6.55. The van der Waals surface area contributed by atoms with Crippen LogP contribution in [-0.2, 0) is 0 Å². The summed E-state index contributed by atoms with van der Waals surface area (Å²) in [6.07, 6.45) is 1.40.